The number of benzene rings is 1. The molecule has 6 heteroatoms. The summed E-state index contributed by atoms with van der Waals surface area (Å²) in [6.07, 6.45) is 1.76. The highest BCUT2D eigenvalue weighted by Gasteiger charge is 2.49. The van der Waals surface area contributed by atoms with E-state index in [1.807, 2.05) is 23.1 Å². The predicted octanol–water partition coefficient (Wildman–Crippen LogP) is 0.713. The summed E-state index contributed by atoms with van der Waals surface area (Å²) in [5.41, 5.74) is 1.16. The number of nitrogens with zero attached hydrogens (tertiary/aromatic N) is 3. The molecular weight excluding hydrogens is 306 g/mol. The largest absolute Gasteiger partial charge is 0.497 e. The molecule has 1 aromatic rings. The van der Waals surface area contributed by atoms with Crippen molar-refractivity contribution in [3.05, 3.63) is 29.8 Å². The van der Waals surface area contributed by atoms with Crippen LogP contribution in [-0.2, 0) is 16.1 Å². The van der Waals surface area contributed by atoms with Gasteiger partial charge in [0.05, 0.1) is 7.11 Å². The van der Waals surface area contributed by atoms with Gasteiger partial charge in [-0.2, -0.15) is 0 Å². The van der Waals surface area contributed by atoms with Gasteiger partial charge in [0.15, 0.2) is 0 Å². The topological polar surface area (TPSA) is 53.1 Å². The fraction of sp³-hybridized carbons (Fsp3) is 0.556. The van der Waals surface area contributed by atoms with Crippen molar-refractivity contribution in [2.45, 2.75) is 31.5 Å². The molecule has 1 aromatic carbocycles. The van der Waals surface area contributed by atoms with E-state index in [0.29, 0.717) is 13.1 Å². The highest BCUT2D eigenvalue weighted by atomic mass is 16.5. The lowest BCUT2D eigenvalue weighted by Gasteiger charge is -2.47. The number of piperazine rings is 2. The quantitative estimate of drug-likeness (QED) is 0.820. The molecule has 3 heterocycles. The molecule has 6 nitrogen and oxygen atoms in total. The van der Waals surface area contributed by atoms with Crippen molar-refractivity contribution < 1.29 is 14.3 Å². The number of methoxy groups -OCH3 is 1. The van der Waals surface area contributed by atoms with E-state index >= 15 is 0 Å². The van der Waals surface area contributed by atoms with Gasteiger partial charge in [-0.1, -0.05) is 12.1 Å². The monoisotopic (exact) mass is 329 g/mol. The van der Waals surface area contributed by atoms with E-state index in [1.54, 1.807) is 12.0 Å². The number of rotatable bonds is 3. The average Bonchev–Trinajstić information content (AvgIpc) is 3.10. The summed E-state index contributed by atoms with van der Waals surface area (Å²) in [5.74, 6) is 1.13. The lowest BCUT2D eigenvalue weighted by atomic mass is 10.0. The van der Waals surface area contributed by atoms with Crippen molar-refractivity contribution in [3.63, 3.8) is 0 Å². The number of carbonyl (C=O) groups is 2. The Morgan fingerprint density at radius 2 is 1.88 bits per heavy atom. The van der Waals surface area contributed by atoms with Crippen LogP contribution < -0.4 is 4.74 Å². The Kier molecular flexibility index (Phi) is 3.92. The van der Waals surface area contributed by atoms with Crippen LogP contribution in [0.2, 0.25) is 0 Å². The number of fused-ring (bicyclic) bond motifs is 2. The van der Waals surface area contributed by atoms with Crippen LogP contribution in [0.1, 0.15) is 18.4 Å². The maximum atomic E-state index is 12.8. The van der Waals surface area contributed by atoms with E-state index in [-0.39, 0.29) is 23.9 Å². The van der Waals surface area contributed by atoms with Crippen LogP contribution in [0.5, 0.6) is 5.75 Å². The van der Waals surface area contributed by atoms with Crippen LogP contribution in [-0.4, -0.2) is 71.9 Å². The third-order valence-electron chi connectivity index (χ3n) is 5.39. The Labute approximate surface area is 142 Å². The number of ether oxygens (including phenoxy) is 1. The molecule has 0 spiro atoms. The first-order valence-electron chi connectivity index (χ1n) is 8.63. The fourth-order valence-corrected chi connectivity index (χ4v) is 4.16. The van der Waals surface area contributed by atoms with Gasteiger partial charge >= 0.3 is 0 Å². The molecule has 4 rings (SSSR count). The number of amides is 2. The second-order valence-electron chi connectivity index (χ2n) is 6.82. The lowest BCUT2D eigenvalue weighted by Crippen LogP contribution is -2.68. The van der Waals surface area contributed by atoms with Gasteiger partial charge in [0.1, 0.15) is 17.8 Å². The number of carbonyl (C=O) groups excluding carboxylic acids is 2. The minimum atomic E-state index is -0.314. The first-order chi connectivity index (χ1) is 11.7. The lowest BCUT2D eigenvalue weighted by molar-refractivity contribution is -0.163. The Hall–Kier alpha value is -2.08. The highest BCUT2D eigenvalue weighted by Crippen LogP contribution is 2.29. The van der Waals surface area contributed by atoms with Crippen molar-refractivity contribution >= 4 is 11.8 Å². The second kappa shape index (κ2) is 6.09. The number of hydrogen-bond donors (Lipinski definition) is 0. The Morgan fingerprint density at radius 1 is 1.08 bits per heavy atom. The summed E-state index contributed by atoms with van der Waals surface area (Å²) in [4.78, 5) is 31.3. The van der Waals surface area contributed by atoms with Crippen molar-refractivity contribution in [1.29, 1.82) is 0 Å². The molecule has 24 heavy (non-hydrogen) atoms. The Bertz CT molecular complexity index is 663. The molecule has 0 aromatic heterocycles. The van der Waals surface area contributed by atoms with Gasteiger partial charge in [-0.15, -0.1) is 0 Å². The molecule has 0 saturated carbocycles. The summed E-state index contributed by atoms with van der Waals surface area (Å²) >= 11 is 0. The molecule has 0 bridgehead atoms. The molecule has 0 radical (unpaired) electrons. The summed E-state index contributed by atoms with van der Waals surface area (Å²) in [5, 5.41) is 0. The van der Waals surface area contributed by atoms with Gasteiger partial charge in [-0.25, -0.2) is 0 Å². The van der Waals surface area contributed by atoms with Crippen LogP contribution in [0.15, 0.2) is 24.3 Å². The molecule has 128 valence electrons. The summed E-state index contributed by atoms with van der Waals surface area (Å²) < 4.78 is 5.28. The first kappa shape index (κ1) is 15.4. The van der Waals surface area contributed by atoms with Crippen molar-refractivity contribution in [2.24, 2.45) is 0 Å². The van der Waals surface area contributed by atoms with Gasteiger partial charge in [0, 0.05) is 32.7 Å². The zero-order chi connectivity index (χ0) is 16.7. The highest BCUT2D eigenvalue weighted by molar-refractivity contribution is 5.97. The second-order valence-corrected chi connectivity index (χ2v) is 6.82. The van der Waals surface area contributed by atoms with E-state index in [9.17, 15) is 9.59 Å². The SMILES string of the molecule is COc1cccc(CN2CCN3C(=O)[C@@H]4CCCN4C(=O)[C@H]3C2)c1. The van der Waals surface area contributed by atoms with Crippen molar-refractivity contribution in [1.82, 2.24) is 14.7 Å². The standard InChI is InChI=1S/C18H23N3O3/c1-24-14-5-2-4-13(10-14)11-19-8-9-21-16(12-19)18(23)20-7-3-6-15(20)17(21)22/h2,4-5,10,15-16H,3,6-9,11-12H2,1H3/t15-,16+/m0/s1. The smallest absolute Gasteiger partial charge is 0.247 e. The van der Waals surface area contributed by atoms with E-state index in [2.05, 4.69) is 11.0 Å². The summed E-state index contributed by atoms with van der Waals surface area (Å²) in [7, 11) is 1.66. The number of hydrogen-bond acceptors (Lipinski definition) is 4. The average molecular weight is 329 g/mol. The van der Waals surface area contributed by atoms with Gasteiger partial charge < -0.3 is 14.5 Å². The van der Waals surface area contributed by atoms with Gasteiger partial charge in [0.2, 0.25) is 11.8 Å². The Morgan fingerprint density at radius 3 is 2.71 bits per heavy atom. The molecule has 3 aliphatic heterocycles. The molecule has 0 N–H and O–H groups in total. The van der Waals surface area contributed by atoms with E-state index in [0.717, 1.165) is 43.8 Å². The molecule has 3 fully saturated rings. The summed E-state index contributed by atoms with van der Waals surface area (Å²) in [6.45, 7) is 3.57. The van der Waals surface area contributed by atoms with Crippen LogP contribution >= 0.6 is 0 Å². The van der Waals surface area contributed by atoms with Crippen LogP contribution in [0.3, 0.4) is 0 Å². The van der Waals surface area contributed by atoms with Crippen molar-refractivity contribution in [3.8, 4) is 5.75 Å². The van der Waals surface area contributed by atoms with E-state index in [1.165, 1.54) is 0 Å². The van der Waals surface area contributed by atoms with Gasteiger partial charge in [-0.3, -0.25) is 14.5 Å². The maximum absolute atomic E-state index is 12.8. The molecule has 2 atom stereocenters. The molecule has 3 saturated heterocycles. The fourth-order valence-electron chi connectivity index (χ4n) is 4.16. The third kappa shape index (κ3) is 2.55. The van der Waals surface area contributed by atoms with Crippen LogP contribution in [0.4, 0.5) is 0 Å². The van der Waals surface area contributed by atoms with E-state index in [4.69, 9.17) is 4.74 Å². The van der Waals surface area contributed by atoms with Gasteiger partial charge in [-0.05, 0) is 30.5 Å². The predicted molar refractivity (Wildman–Crippen MR) is 88.5 cm³/mol. The van der Waals surface area contributed by atoms with Crippen LogP contribution in [0, 0.1) is 0 Å². The van der Waals surface area contributed by atoms with Gasteiger partial charge in [0.25, 0.3) is 0 Å². The molecule has 0 aliphatic carbocycles. The molecular formula is C18H23N3O3. The zero-order valence-corrected chi connectivity index (χ0v) is 14.0. The first-order valence-corrected chi connectivity index (χ1v) is 8.63. The molecule has 2 amide bonds. The minimum absolute atomic E-state index is 0.132. The van der Waals surface area contributed by atoms with E-state index < -0.39 is 0 Å². The summed E-state index contributed by atoms with van der Waals surface area (Å²) in [6, 6.07) is 7.49. The third-order valence-corrected chi connectivity index (χ3v) is 5.39. The van der Waals surface area contributed by atoms with Crippen LogP contribution in [0.25, 0.3) is 0 Å². The molecule has 0 unspecified atom stereocenters. The normalized spacial score (nSPS) is 27.2. The Balaban J connectivity index is 1.48. The maximum Gasteiger partial charge on any atom is 0.247 e. The minimum Gasteiger partial charge on any atom is -0.497 e. The zero-order valence-electron chi connectivity index (χ0n) is 14.0. The van der Waals surface area contributed by atoms with Crippen molar-refractivity contribution in [2.75, 3.05) is 33.3 Å². The molecule has 3 aliphatic rings.